The van der Waals surface area contributed by atoms with Crippen LogP contribution in [0.4, 0.5) is 0 Å². The van der Waals surface area contributed by atoms with Crippen molar-refractivity contribution in [2.75, 3.05) is 0 Å². The molecule has 0 saturated carbocycles. The van der Waals surface area contributed by atoms with Gasteiger partial charge in [-0.1, -0.05) is 30.3 Å². The van der Waals surface area contributed by atoms with Gasteiger partial charge in [-0.3, -0.25) is 4.98 Å². The molecule has 4 nitrogen and oxygen atoms in total. The second-order valence-electron chi connectivity index (χ2n) is 7.44. The zero-order valence-corrected chi connectivity index (χ0v) is 21.1. The van der Waals surface area contributed by atoms with Crippen LogP contribution in [0.2, 0.25) is 0 Å². The molecule has 6 aromatic rings. The monoisotopic (exact) mass is 629 g/mol. The van der Waals surface area contributed by atoms with Crippen LogP contribution in [0, 0.1) is 12.1 Å². The normalized spacial score (nSPS) is 10.1. The first kappa shape index (κ1) is 24.1. The van der Waals surface area contributed by atoms with Gasteiger partial charge >= 0.3 is 0 Å². The first-order chi connectivity index (χ1) is 16.9. The molecular weight excluding hydrogens is 609 g/mol. The van der Waals surface area contributed by atoms with Gasteiger partial charge in [0.05, 0.1) is 22.9 Å². The van der Waals surface area contributed by atoms with E-state index in [9.17, 15) is 0 Å². The van der Waals surface area contributed by atoms with Crippen molar-refractivity contribution in [3.63, 3.8) is 0 Å². The van der Waals surface area contributed by atoms with Gasteiger partial charge in [-0.05, 0) is 41.2 Å². The van der Waals surface area contributed by atoms with Crippen LogP contribution in [-0.2, 0) is 20.1 Å². The van der Waals surface area contributed by atoms with Crippen LogP contribution >= 0.6 is 0 Å². The fourth-order valence-corrected chi connectivity index (χ4v) is 3.46. The van der Waals surface area contributed by atoms with E-state index in [1.54, 1.807) is 18.6 Å². The van der Waals surface area contributed by atoms with Crippen LogP contribution < -0.4 is 0 Å². The Morgan fingerprint density at radius 3 is 1.86 bits per heavy atom. The van der Waals surface area contributed by atoms with Crippen LogP contribution in [-0.4, -0.2) is 19.9 Å². The van der Waals surface area contributed by atoms with Crippen molar-refractivity contribution in [1.82, 2.24) is 19.9 Å². The van der Waals surface area contributed by atoms with Gasteiger partial charge in [0.25, 0.3) is 0 Å². The summed E-state index contributed by atoms with van der Waals surface area (Å²) in [6.07, 6.45) is 5.38. The first-order valence-electron chi connectivity index (χ1n) is 10.9. The van der Waals surface area contributed by atoms with Crippen molar-refractivity contribution in [2.24, 2.45) is 0 Å². The van der Waals surface area contributed by atoms with Crippen LogP contribution in [0.3, 0.4) is 0 Å². The Labute approximate surface area is 218 Å². The van der Waals surface area contributed by atoms with E-state index in [0.717, 1.165) is 44.8 Å². The number of fused-ring (bicyclic) bond motifs is 1. The fraction of sp³-hybridized carbons (Fsp3) is 0. The zero-order chi connectivity index (χ0) is 23.0. The maximum absolute atomic E-state index is 4.68. The zero-order valence-electron chi connectivity index (χ0n) is 18.7. The van der Waals surface area contributed by atoms with Gasteiger partial charge in [0, 0.05) is 32.5 Å². The number of pyridine rings is 2. The van der Waals surface area contributed by atoms with E-state index in [2.05, 4.69) is 32.1 Å². The largest absolute Gasteiger partial charge is 0.305 e. The average Bonchev–Trinajstić information content (AvgIpc) is 2.95. The summed E-state index contributed by atoms with van der Waals surface area (Å²) >= 11 is 0. The maximum Gasteiger partial charge on any atom is 0.0894 e. The van der Waals surface area contributed by atoms with E-state index < -0.39 is 0 Å². The number of aromatic nitrogens is 4. The quantitative estimate of drug-likeness (QED) is 0.205. The molecule has 3 aromatic carbocycles. The molecule has 0 aliphatic carbocycles. The molecule has 0 unspecified atom stereocenters. The average molecular weight is 629 g/mol. The van der Waals surface area contributed by atoms with Crippen molar-refractivity contribution in [3.8, 4) is 33.8 Å². The molecule has 35 heavy (non-hydrogen) atoms. The van der Waals surface area contributed by atoms with E-state index in [-0.39, 0.29) is 20.1 Å². The third-order valence-corrected chi connectivity index (χ3v) is 5.14. The van der Waals surface area contributed by atoms with Crippen molar-refractivity contribution in [2.45, 2.75) is 0 Å². The molecule has 1 radical (unpaired) electrons. The fourth-order valence-electron chi connectivity index (χ4n) is 3.46. The number of hydrogen-bond acceptors (Lipinski definition) is 4. The van der Waals surface area contributed by atoms with E-state index in [1.807, 2.05) is 103 Å². The van der Waals surface area contributed by atoms with Gasteiger partial charge in [-0.2, -0.15) is 0 Å². The van der Waals surface area contributed by atoms with Crippen LogP contribution in [0.1, 0.15) is 0 Å². The van der Waals surface area contributed by atoms with Crippen molar-refractivity contribution >= 4 is 11.0 Å². The molecule has 0 atom stereocenters. The summed E-state index contributed by atoms with van der Waals surface area (Å²) in [5, 5.41) is 0. The molecule has 3 aromatic heterocycles. The van der Waals surface area contributed by atoms with Crippen LogP contribution in [0.25, 0.3) is 44.8 Å². The Morgan fingerprint density at radius 1 is 0.514 bits per heavy atom. The summed E-state index contributed by atoms with van der Waals surface area (Å²) in [5.74, 6) is 0. The number of nitrogens with zero attached hydrogens (tertiary/aromatic N) is 4. The van der Waals surface area contributed by atoms with Crippen molar-refractivity contribution < 1.29 is 20.1 Å². The third kappa shape index (κ3) is 6.10. The van der Waals surface area contributed by atoms with Gasteiger partial charge in [0.1, 0.15) is 0 Å². The van der Waals surface area contributed by atoms with Gasteiger partial charge in [0.2, 0.25) is 0 Å². The van der Waals surface area contributed by atoms with Gasteiger partial charge < -0.3 is 9.97 Å². The SMILES string of the molecule is [Ir].[c-]1ccccc1-c1cc(-c2cnc3ccccc3n2)ccn1.[c-]1ccccc1-c1ccccn1. The Hall–Kier alpha value is -4.05. The van der Waals surface area contributed by atoms with Gasteiger partial charge in [0.15, 0.2) is 0 Å². The number of benzene rings is 3. The van der Waals surface area contributed by atoms with E-state index >= 15 is 0 Å². The molecule has 6 rings (SSSR count). The molecule has 0 saturated heterocycles. The standard InChI is InChI=1S/C19H12N3.C11H8N.Ir/c1-2-6-14(7-3-1)18-12-15(10-11-20-18)19-13-21-16-8-4-5-9-17(16)22-19;1-2-6-10(7-3-1)11-8-4-5-9-12-11;/h1-6,8-13H;1-6,8-9H;/q2*-1;. The molecule has 0 amide bonds. The second-order valence-corrected chi connectivity index (χ2v) is 7.44. The van der Waals surface area contributed by atoms with E-state index in [0.29, 0.717) is 0 Å². The Morgan fingerprint density at radius 2 is 1.17 bits per heavy atom. The minimum absolute atomic E-state index is 0. The summed E-state index contributed by atoms with van der Waals surface area (Å²) in [5.41, 5.74) is 7.50. The van der Waals surface area contributed by atoms with Crippen molar-refractivity contribution in [3.05, 3.63) is 134 Å². The number of hydrogen-bond donors (Lipinski definition) is 0. The van der Waals surface area contributed by atoms with Gasteiger partial charge in [-0.15, -0.1) is 71.8 Å². The summed E-state index contributed by atoms with van der Waals surface area (Å²) in [7, 11) is 0. The molecule has 0 N–H and O–H groups in total. The Bertz CT molecular complexity index is 1450. The van der Waals surface area contributed by atoms with Gasteiger partial charge in [-0.25, -0.2) is 4.98 Å². The maximum atomic E-state index is 4.68. The van der Waals surface area contributed by atoms with E-state index in [4.69, 9.17) is 0 Å². The molecule has 0 spiro atoms. The predicted molar refractivity (Wildman–Crippen MR) is 136 cm³/mol. The Balaban J connectivity index is 0.000000189. The molecular formula is C30H20IrN4-2. The number of para-hydroxylation sites is 2. The van der Waals surface area contributed by atoms with Crippen LogP contribution in [0.5, 0.6) is 0 Å². The molecule has 0 aliphatic heterocycles. The summed E-state index contributed by atoms with van der Waals surface area (Å²) < 4.78 is 0. The molecule has 0 fully saturated rings. The third-order valence-electron chi connectivity index (χ3n) is 5.14. The minimum Gasteiger partial charge on any atom is -0.305 e. The molecule has 3 heterocycles. The summed E-state index contributed by atoms with van der Waals surface area (Å²) in [6, 6.07) is 39.7. The van der Waals surface area contributed by atoms with E-state index in [1.165, 1.54) is 0 Å². The Kier molecular flexibility index (Phi) is 8.18. The molecule has 171 valence electrons. The second kappa shape index (κ2) is 11.9. The van der Waals surface area contributed by atoms with Crippen molar-refractivity contribution in [1.29, 1.82) is 0 Å². The predicted octanol–water partition coefficient (Wildman–Crippen LogP) is 6.71. The number of rotatable bonds is 3. The minimum atomic E-state index is 0. The molecule has 0 aliphatic rings. The van der Waals surface area contributed by atoms with Crippen LogP contribution in [0.15, 0.2) is 122 Å². The molecule has 5 heteroatoms. The first-order valence-corrected chi connectivity index (χ1v) is 10.9. The molecule has 0 bridgehead atoms. The summed E-state index contributed by atoms with van der Waals surface area (Å²) in [4.78, 5) is 17.8. The summed E-state index contributed by atoms with van der Waals surface area (Å²) in [6.45, 7) is 0. The topological polar surface area (TPSA) is 51.6 Å². The smallest absolute Gasteiger partial charge is 0.0894 e.